The predicted molar refractivity (Wildman–Crippen MR) is 214 cm³/mol. The molecule has 0 bridgehead atoms. The summed E-state index contributed by atoms with van der Waals surface area (Å²) in [6.07, 6.45) is 7.18. The van der Waals surface area contributed by atoms with E-state index in [0.717, 1.165) is 18.4 Å². The number of anilines is 1. The molecule has 1 atom stereocenters. The van der Waals surface area contributed by atoms with Gasteiger partial charge in [-0.05, 0) is 90.3 Å². The molecular weight excluding hydrogens is 684 g/mol. The minimum Gasteiger partial charge on any atom is -0.497 e. The lowest BCUT2D eigenvalue weighted by molar-refractivity contribution is -0.139. The Morgan fingerprint density at radius 3 is 1.78 bits per heavy atom. The molecule has 0 heterocycles. The molecule has 54 heavy (non-hydrogen) atoms. The van der Waals surface area contributed by atoms with Crippen molar-refractivity contribution in [3.8, 4) is 17.2 Å². The minimum absolute atomic E-state index is 0.00880. The van der Waals surface area contributed by atoms with Crippen LogP contribution in [0.5, 0.6) is 17.2 Å². The van der Waals surface area contributed by atoms with E-state index in [1.54, 1.807) is 79.9 Å². The van der Waals surface area contributed by atoms with E-state index >= 15 is 0 Å². The molecule has 0 saturated heterocycles. The fourth-order valence-electron chi connectivity index (χ4n) is 4.96. The number of hydrogen-bond acceptors (Lipinski definition) is 7. The molecule has 10 nitrogen and oxygen atoms in total. The summed E-state index contributed by atoms with van der Waals surface area (Å²) >= 11 is 0. The van der Waals surface area contributed by atoms with Crippen LogP contribution >= 0.6 is 0 Å². The maximum absolute atomic E-state index is 12.9. The molecule has 0 radical (unpaired) electrons. The second-order valence-corrected chi connectivity index (χ2v) is 12.2. The molecule has 4 aromatic rings. The van der Waals surface area contributed by atoms with Crippen LogP contribution in [0, 0.1) is 0 Å². The van der Waals surface area contributed by atoms with Crippen LogP contribution in [-0.4, -0.2) is 48.6 Å². The van der Waals surface area contributed by atoms with Gasteiger partial charge in [0.05, 0.1) is 25.7 Å². The smallest absolute Gasteiger partial charge is 0.343 e. The molecule has 4 rings (SSSR count). The van der Waals surface area contributed by atoms with Crippen LogP contribution in [0.25, 0.3) is 0 Å². The second-order valence-electron chi connectivity index (χ2n) is 12.2. The van der Waals surface area contributed by atoms with Crippen molar-refractivity contribution in [2.75, 3.05) is 19.0 Å². The predicted octanol–water partition coefficient (Wildman–Crippen LogP) is 9.31. The lowest BCUT2D eigenvalue weighted by Gasteiger charge is -2.15. The lowest BCUT2D eigenvalue weighted by atomic mass is 10.0. The topological polar surface area (TPSA) is 140 Å². The van der Waals surface area contributed by atoms with Crippen molar-refractivity contribution in [1.29, 1.82) is 0 Å². The number of ether oxygens (including phenoxy) is 3. The van der Waals surface area contributed by atoms with Gasteiger partial charge in [0.25, 0.3) is 5.91 Å². The quantitative estimate of drug-likeness (QED) is 0.0521. The molecule has 0 aromatic heterocycles. The molecule has 3 N–H and O–H groups in total. The first-order valence-corrected chi connectivity index (χ1v) is 18.8. The number of carboxylic acid groups (broad SMARTS) is 1. The number of esters is 1. The zero-order chi connectivity index (χ0) is 39.7. The summed E-state index contributed by atoms with van der Waals surface area (Å²) in [5.74, 6) is -0.833. The Labute approximate surface area is 320 Å². The maximum Gasteiger partial charge on any atom is 0.343 e. The number of carboxylic acids is 1. The summed E-state index contributed by atoms with van der Waals surface area (Å²) < 4.78 is 16.4. The Bertz CT molecular complexity index is 1690. The Balaban J connectivity index is 0.00000192. The maximum atomic E-state index is 12.9. The van der Waals surface area contributed by atoms with Gasteiger partial charge in [-0.25, -0.2) is 9.59 Å². The number of hydrogen-bond donors (Lipinski definition) is 3. The molecule has 0 spiro atoms. The summed E-state index contributed by atoms with van der Waals surface area (Å²) in [6.45, 7) is 11.1. The van der Waals surface area contributed by atoms with Crippen molar-refractivity contribution in [3.05, 3.63) is 119 Å². The van der Waals surface area contributed by atoms with Crippen molar-refractivity contribution in [2.45, 2.75) is 92.0 Å². The Morgan fingerprint density at radius 1 is 0.667 bits per heavy atom. The molecule has 10 heteroatoms. The molecular formula is C44H56N2O8. The summed E-state index contributed by atoms with van der Waals surface area (Å²) in [5, 5.41) is 15.1. The first-order valence-electron chi connectivity index (χ1n) is 18.8. The summed E-state index contributed by atoms with van der Waals surface area (Å²) in [6, 6.07) is 25.4. The van der Waals surface area contributed by atoms with Crippen molar-refractivity contribution in [1.82, 2.24) is 5.32 Å². The van der Waals surface area contributed by atoms with Crippen LogP contribution < -0.4 is 24.8 Å². The van der Waals surface area contributed by atoms with Gasteiger partial charge in [-0.2, -0.15) is 0 Å². The molecule has 0 aliphatic rings. The summed E-state index contributed by atoms with van der Waals surface area (Å²) in [7, 11) is 1.57. The highest BCUT2D eigenvalue weighted by molar-refractivity contribution is 5.98. The summed E-state index contributed by atoms with van der Waals surface area (Å²) in [5.41, 5.74) is 2.56. The van der Waals surface area contributed by atoms with Crippen molar-refractivity contribution < 1.29 is 38.5 Å². The van der Waals surface area contributed by atoms with E-state index in [1.165, 1.54) is 37.8 Å². The van der Waals surface area contributed by atoms with Crippen LogP contribution in [0.4, 0.5) is 5.69 Å². The third kappa shape index (κ3) is 16.4. The molecule has 290 valence electrons. The first kappa shape index (κ1) is 44.5. The molecule has 0 aliphatic heterocycles. The highest BCUT2D eigenvalue weighted by Crippen LogP contribution is 2.19. The highest BCUT2D eigenvalue weighted by Gasteiger charge is 2.21. The fourth-order valence-corrected chi connectivity index (χ4v) is 4.96. The largest absolute Gasteiger partial charge is 0.497 e. The molecule has 2 amide bonds. The molecule has 0 fully saturated rings. The number of amides is 2. The first-order chi connectivity index (χ1) is 26.1. The minimum atomic E-state index is -1.21. The Morgan fingerprint density at radius 2 is 1.20 bits per heavy atom. The van der Waals surface area contributed by atoms with Crippen LogP contribution in [0.1, 0.15) is 105 Å². The van der Waals surface area contributed by atoms with Gasteiger partial charge >= 0.3 is 11.9 Å². The van der Waals surface area contributed by atoms with Gasteiger partial charge in [-0.1, -0.05) is 91.0 Å². The van der Waals surface area contributed by atoms with E-state index in [9.17, 15) is 24.3 Å². The molecule has 4 aromatic carbocycles. The van der Waals surface area contributed by atoms with E-state index in [-0.39, 0.29) is 24.3 Å². The van der Waals surface area contributed by atoms with E-state index in [4.69, 9.17) is 14.2 Å². The van der Waals surface area contributed by atoms with Crippen LogP contribution in [-0.2, 0) is 22.4 Å². The normalized spacial score (nSPS) is 10.6. The number of methoxy groups -OCH3 is 1. The van der Waals surface area contributed by atoms with E-state index in [1.807, 2.05) is 26.0 Å². The van der Waals surface area contributed by atoms with Gasteiger partial charge in [0, 0.05) is 17.7 Å². The SMILES string of the molecule is CC.CCC.CCCCCCCOc1ccc(C(=O)Oc2ccc(CC(NC(=O)c3ccc(NC(=O)Cc4ccc(OC)cc4)cc3)C(=O)O)cc2)cc1. The second kappa shape index (κ2) is 25.4. The zero-order valence-corrected chi connectivity index (χ0v) is 32.5. The van der Waals surface area contributed by atoms with Gasteiger partial charge in [-0.3, -0.25) is 9.59 Å². The lowest BCUT2D eigenvalue weighted by Crippen LogP contribution is -2.42. The van der Waals surface area contributed by atoms with Crippen LogP contribution in [0.3, 0.4) is 0 Å². The standard InChI is InChI=1S/C39H42N2O8.C3H8.C2H6/c1-3-4-5-6-7-24-48-33-22-14-30(15-23-33)39(46)49-34-20-10-27(11-21-34)25-35(38(44)45)41-37(43)29-12-16-31(17-13-29)40-36(42)26-28-8-18-32(47-2)19-9-28;1-3-2;1-2/h8-23,35H,3-7,24-26H2,1-2H3,(H,40,42)(H,41,43)(H,44,45);3H2,1-2H3;1-2H3. The van der Waals surface area contributed by atoms with Crippen LogP contribution in [0.15, 0.2) is 97.1 Å². The third-order valence-electron chi connectivity index (χ3n) is 7.74. The van der Waals surface area contributed by atoms with E-state index in [2.05, 4.69) is 31.4 Å². The van der Waals surface area contributed by atoms with Crippen molar-refractivity contribution >= 4 is 29.4 Å². The molecule has 0 saturated carbocycles. The number of aliphatic carboxylic acids is 1. The average molecular weight is 741 g/mol. The number of carbonyl (C=O) groups excluding carboxylic acids is 3. The highest BCUT2D eigenvalue weighted by atomic mass is 16.5. The van der Waals surface area contributed by atoms with Crippen molar-refractivity contribution in [2.24, 2.45) is 0 Å². The van der Waals surface area contributed by atoms with E-state index < -0.39 is 23.9 Å². The fraction of sp³-hybridized carbons (Fsp3) is 0.364. The van der Waals surface area contributed by atoms with Gasteiger partial charge < -0.3 is 30.0 Å². The zero-order valence-electron chi connectivity index (χ0n) is 32.5. The number of benzene rings is 4. The van der Waals surface area contributed by atoms with Gasteiger partial charge in [0.1, 0.15) is 23.3 Å². The average Bonchev–Trinajstić information content (AvgIpc) is 3.18. The van der Waals surface area contributed by atoms with Gasteiger partial charge in [-0.15, -0.1) is 0 Å². The number of unbranched alkanes of at least 4 members (excludes halogenated alkanes) is 4. The van der Waals surface area contributed by atoms with Crippen LogP contribution in [0.2, 0.25) is 0 Å². The molecule has 0 aliphatic carbocycles. The Kier molecular flexibility index (Phi) is 20.9. The van der Waals surface area contributed by atoms with Crippen molar-refractivity contribution in [3.63, 3.8) is 0 Å². The monoisotopic (exact) mass is 740 g/mol. The number of nitrogens with one attached hydrogen (secondary N) is 2. The summed E-state index contributed by atoms with van der Waals surface area (Å²) in [4.78, 5) is 50.0. The molecule has 1 unspecified atom stereocenters. The van der Waals surface area contributed by atoms with E-state index in [0.29, 0.717) is 40.7 Å². The van der Waals surface area contributed by atoms with Gasteiger partial charge in [0.15, 0.2) is 0 Å². The number of carbonyl (C=O) groups is 4. The van der Waals surface area contributed by atoms with Gasteiger partial charge in [0.2, 0.25) is 5.91 Å². The number of rotatable bonds is 18. The Hall–Kier alpha value is -5.64. The third-order valence-corrected chi connectivity index (χ3v) is 7.74.